The number of aryl methyl sites for hydroxylation is 1. The number of amides is 3. The first-order chi connectivity index (χ1) is 23.9. The molecule has 15 nitrogen and oxygen atoms in total. The van der Waals surface area contributed by atoms with Crippen molar-refractivity contribution in [2.24, 2.45) is 12.1 Å². The maximum Gasteiger partial charge on any atom is 0.433 e. The minimum atomic E-state index is -0.691. The van der Waals surface area contributed by atoms with Gasteiger partial charge in [0.05, 0.1) is 23.3 Å². The number of benzene rings is 4. The third-order valence-corrected chi connectivity index (χ3v) is 7.69. The number of aromatic nitrogens is 2. The molecule has 8 rings (SSSR count). The van der Waals surface area contributed by atoms with Crippen LogP contribution in [0.1, 0.15) is 5.76 Å². The molecule has 0 atom stereocenters. The fraction of sp³-hybridized carbons (Fsp3) is 0.0571. The smallest absolute Gasteiger partial charge is 0.433 e. The first kappa shape index (κ1) is 35.3. The van der Waals surface area contributed by atoms with E-state index in [0.717, 1.165) is 72.9 Å². The average Bonchev–Trinajstić information content (AvgIpc) is 3.69. The molecule has 9 N–H and O–H groups in total. The highest BCUT2D eigenvalue weighted by atomic mass is 35.5. The Labute approximate surface area is 295 Å². The molecule has 0 unspecified atom stereocenters. The van der Waals surface area contributed by atoms with Crippen molar-refractivity contribution in [3.63, 3.8) is 0 Å². The zero-order chi connectivity index (χ0) is 35.5. The highest BCUT2D eigenvalue weighted by molar-refractivity contribution is 6.02. The number of furan rings is 1. The van der Waals surface area contributed by atoms with E-state index >= 15 is 0 Å². The number of carbonyl (C=O) groups excluding carboxylic acids is 2. The summed E-state index contributed by atoms with van der Waals surface area (Å²) in [4.78, 5) is 36.0. The number of pyridine rings is 2. The number of nitro groups is 1. The van der Waals surface area contributed by atoms with Gasteiger partial charge in [-0.3, -0.25) is 20.2 Å². The highest BCUT2D eigenvalue weighted by Crippen LogP contribution is 2.23. The van der Waals surface area contributed by atoms with E-state index in [9.17, 15) is 19.7 Å². The van der Waals surface area contributed by atoms with Crippen molar-refractivity contribution in [1.82, 2.24) is 15.3 Å². The second-order valence-electron chi connectivity index (χ2n) is 11.3. The van der Waals surface area contributed by atoms with Gasteiger partial charge in [-0.25, -0.2) is 14.8 Å². The minimum Gasteiger partial charge on any atom is -1.00 e. The predicted molar refractivity (Wildman–Crippen MR) is 193 cm³/mol. The van der Waals surface area contributed by atoms with Gasteiger partial charge < -0.3 is 39.8 Å². The monoisotopic (exact) mass is 706 g/mol. The molecule has 0 spiro atoms. The molecule has 0 aliphatic carbocycles. The average molecular weight is 707 g/mol. The van der Waals surface area contributed by atoms with Gasteiger partial charge in [0.15, 0.2) is 5.76 Å². The molecule has 0 bridgehead atoms. The van der Waals surface area contributed by atoms with E-state index < -0.39 is 22.7 Å². The maximum atomic E-state index is 11.1. The van der Waals surface area contributed by atoms with Gasteiger partial charge in [-0.15, -0.1) is 0 Å². The number of hydrazone groups is 1. The SMILES string of the molecule is C[n+]1c2cc(N)ccc2cc2ccc(N)cc21.Nc1ccc2cc3ccc(N)cc3nc2c1.O=C1CN(/N=C/c2ccc([N+](=O)[O-])o2)C(=O)N1.[Cl-]. The number of anilines is 4. The number of imide groups is 1. The standard InChI is InChI=1S/C14H13N3.C13H11N3.C8H6N4O5.ClH/c1-17-13-7-11(15)4-2-9(13)6-10-3-5-12(16)8-14(10)17;14-10-3-1-8-5-9-2-4-11(15)7-13(9)16-12(8)6-10;13-6-4-11(8(14)10-6)9-3-5-1-2-7(17-5)12(15)16;/h2-8H,1H3,(H3,15,16);1-7H,14-15H2;1-3H,4H2,(H,10,13,14);1H/b;;9-3+;. The zero-order valence-corrected chi connectivity index (χ0v) is 27.7. The molecule has 0 radical (unpaired) electrons. The lowest BCUT2D eigenvalue weighted by Crippen LogP contribution is -3.00. The van der Waals surface area contributed by atoms with E-state index in [2.05, 4.69) is 26.8 Å². The number of carbonyl (C=O) groups is 2. The van der Waals surface area contributed by atoms with Gasteiger partial charge in [0.2, 0.25) is 16.9 Å². The topological polar surface area (TPSA) is 239 Å². The molecule has 1 saturated heterocycles. The van der Waals surface area contributed by atoms with E-state index in [4.69, 9.17) is 27.4 Å². The summed E-state index contributed by atoms with van der Waals surface area (Å²) in [5.74, 6) is -0.769. The summed E-state index contributed by atoms with van der Waals surface area (Å²) in [6.07, 6.45) is 1.12. The van der Waals surface area contributed by atoms with Crippen LogP contribution in [0.15, 0.2) is 107 Å². The fourth-order valence-electron chi connectivity index (χ4n) is 5.26. The lowest BCUT2D eigenvalue weighted by Gasteiger charge is -2.03. The van der Waals surface area contributed by atoms with Crippen LogP contribution in [-0.4, -0.2) is 39.6 Å². The molecule has 4 aromatic carbocycles. The molecule has 51 heavy (non-hydrogen) atoms. The van der Waals surface area contributed by atoms with Crippen LogP contribution in [0.4, 0.5) is 33.4 Å². The number of hydrogen-bond donors (Lipinski definition) is 5. The molecule has 3 amide bonds. The van der Waals surface area contributed by atoms with Gasteiger partial charge in [-0.2, -0.15) is 9.67 Å². The third kappa shape index (κ3) is 8.01. The molecule has 1 fully saturated rings. The van der Waals surface area contributed by atoms with Crippen LogP contribution in [0.5, 0.6) is 0 Å². The van der Waals surface area contributed by atoms with Crippen LogP contribution in [0.25, 0.3) is 43.6 Å². The van der Waals surface area contributed by atoms with Crippen molar-refractivity contribution in [3.05, 3.63) is 113 Å². The van der Waals surface area contributed by atoms with Crippen LogP contribution in [0.2, 0.25) is 0 Å². The Morgan fingerprint density at radius 1 is 0.784 bits per heavy atom. The Hall–Kier alpha value is -7.00. The summed E-state index contributed by atoms with van der Waals surface area (Å²) >= 11 is 0. The molecule has 16 heteroatoms. The van der Waals surface area contributed by atoms with Gasteiger partial charge >= 0.3 is 11.9 Å². The van der Waals surface area contributed by atoms with Crippen molar-refractivity contribution < 1.29 is 35.9 Å². The maximum absolute atomic E-state index is 11.1. The molecule has 1 aliphatic heterocycles. The van der Waals surface area contributed by atoms with Gasteiger partial charge in [0.25, 0.3) is 0 Å². The number of nitrogens with one attached hydrogen (secondary N) is 1. The van der Waals surface area contributed by atoms with E-state index in [0.29, 0.717) is 0 Å². The molecular weight excluding hydrogens is 676 g/mol. The number of halogens is 1. The Morgan fingerprint density at radius 2 is 1.27 bits per heavy atom. The van der Waals surface area contributed by atoms with E-state index in [1.54, 1.807) is 0 Å². The van der Waals surface area contributed by atoms with Crippen molar-refractivity contribution in [1.29, 1.82) is 0 Å². The summed E-state index contributed by atoms with van der Waals surface area (Å²) in [6, 6.07) is 29.5. The van der Waals surface area contributed by atoms with Crippen LogP contribution in [0, 0.1) is 10.1 Å². The largest absolute Gasteiger partial charge is 1.00 e. The normalized spacial score (nSPS) is 12.4. The summed E-state index contributed by atoms with van der Waals surface area (Å²) in [6.45, 7) is -0.182. The van der Waals surface area contributed by atoms with E-state index in [1.807, 2.05) is 85.2 Å². The molecule has 0 saturated carbocycles. The first-order valence-electron chi connectivity index (χ1n) is 15.1. The molecule has 4 heterocycles. The first-order valence-corrected chi connectivity index (χ1v) is 15.1. The highest BCUT2D eigenvalue weighted by Gasteiger charge is 2.26. The van der Waals surface area contributed by atoms with Crippen molar-refractivity contribution in [2.45, 2.75) is 0 Å². The van der Waals surface area contributed by atoms with Crippen molar-refractivity contribution >= 4 is 90.4 Å². The lowest BCUT2D eigenvalue weighted by atomic mass is 10.1. The minimum absolute atomic E-state index is 0. The Balaban J connectivity index is 0.000000147. The Bertz CT molecular complexity index is 2380. The third-order valence-electron chi connectivity index (χ3n) is 7.69. The number of fused-ring (bicyclic) bond motifs is 4. The van der Waals surface area contributed by atoms with Gasteiger partial charge in [0.1, 0.15) is 18.5 Å². The number of urea groups is 1. The summed E-state index contributed by atoms with van der Waals surface area (Å²) in [5, 5.41) is 21.4. The number of nitrogen functional groups attached to an aromatic ring is 4. The molecule has 1 aliphatic rings. The number of hydrogen-bond acceptors (Lipinski definition) is 11. The molecule has 3 aromatic heterocycles. The number of nitrogens with zero attached hydrogens (tertiary/aromatic N) is 5. The number of rotatable bonds is 3. The van der Waals surface area contributed by atoms with Crippen LogP contribution in [-0.2, 0) is 11.8 Å². The molecular formula is C35H31ClN10O5. The lowest BCUT2D eigenvalue weighted by molar-refractivity contribution is -0.617. The molecule has 258 valence electrons. The second-order valence-corrected chi connectivity index (χ2v) is 11.3. The summed E-state index contributed by atoms with van der Waals surface area (Å²) < 4.78 is 6.90. The van der Waals surface area contributed by atoms with Crippen LogP contribution >= 0.6 is 0 Å². The summed E-state index contributed by atoms with van der Waals surface area (Å²) in [5.41, 5.74) is 30.2. The fourth-order valence-corrected chi connectivity index (χ4v) is 5.26. The van der Waals surface area contributed by atoms with Gasteiger partial charge in [-0.1, -0.05) is 12.1 Å². The van der Waals surface area contributed by atoms with Crippen LogP contribution < -0.4 is 45.2 Å². The second kappa shape index (κ2) is 14.6. The van der Waals surface area contributed by atoms with Crippen molar-refractivity contribution in [2.75, 3.05) is 29.5 Å². The van der Waals surface area contributed by atoms with Gasteiger partial charge in [0, 0.05) is 56.4 Å². The Kier molecular flexibility index (Phi) is 10.1. The zero-order valence-electron chi connectivity index (χ0n) is 27.0. The quantitative estimate of drug-likeness (QED) is 0.0338. The van der Waals surface area contributed by atoms with E-state index in [1.165, 1.54) is 16.8 Å². The van der Waals surface area contributed by atoms with Crippen molar-refractivity contribution in [3.8, 4) is 0 Å². The van der Waals surface area contributed by atoms with Gasteiger partial charge in [-0.05, 0) is 66.7 Å². The Morgan fingerprint density at radius 3 is 1.75 bits per heavy atom. The van der Waals surface area contributed by atoms with E-state index in [-0.39, 0.29) is 24.7 Å². The molecule has 7 aromatic rings. The summed E-state index contributed by atoms with van der Waals surface area (Å²) in [7, 11) is 2.03. The predicted octanol–water partition coefficient (Wildman–Crippen LogP) is 1.61. The van der Waals surface area contributed by atoms with Crippen LogP contribution in [0.3, 0.4) is 0 Å². The number of nitrogens with two attached hydrogens (primary N) is 4.